The minimum absolute atomic E-state index is 0.136. The molecule has 0 atom stereocenters. The van der Waals surface area contributed by atoms with E-state index in [2.05, 4.69) is 5.32 Å². The Morgan fingerprint density at radius 1 is 1.04 bits per heavy atom. The van der Waals surface area contributed by atoms with Crippen LogP contribution in [0.25, 0.3) is 0 Å². The van der Waals surface area contributed by atoms with E-state index in [0.29, 0.717) is 32.0 Å². The standard InChI is InChI=1S/C18H20N2O4S2/c21-18(14-25-16-4-2-1-3-5-16)19-15-6-8-17(9-7-15)26(22,23)20-10-12-24-13-11-20/h1-9H,10-14H2,(H,19,21). The van der Waals surface area contributed by atoms with Gasteiger partial charge in [-0.2, -0.15) is 4.31 Å². The molecule has 1 aliphatic rings. The van der Waals surface area contributed by atoms with Crippen molar-refractivity contribution in [1.82, 2.24) is 4.31 Å². The first-order valence-corrected chi connectivity index (χ1v) is 10.6. The molecule has 0 aliphatic carbocycles. The van der Waals surface area contributed by atoms with Gasteiger partial charge in [-0.05, 0) is 36.4 Å². The number of morpholine rings is 1. The highest BCUT2D eigenvalue weighted by Crippen LogP contribution is 2.20. The molecule has 2 aromatic rings. The van der Waals surface area contributed by atoms with E-state index in [4.69, 9.17) is 4.74 Å². The van der Waals surface area contributed by atoms with E-state index in [9.17, 15) is 13.2 Å². The van der Waals surface area contributed by atoms with Crippen molar-refractivity contribution in [2.75, 3.05) is 37.4 Å². The normalized spacial score (nSPS) is 15.5. The number of ether oxygens (including phenoxy) is 1. The molecule has 26 heavy (non-hydrogen) atoms. The van der Waals surface area contributed by atoms with Crippen molar-refractivity contribution >= 4 is 33.4 Å². The van der Waals surface area contributed by atoms with Gasteiger partial charge in [0.25, 0.3) is 0 Å². The number of thioether (sulfide) groups is 1. The highest BCUT2D eigenvalue weighted by Gasteiger charge is 2.26. The number of sulfonamides is 1. The minimum atomic E-state index is -3.52. The Bertz CT molecular complexity index is 833. The van der Waals surface area contributed by atoms with E-state index in [1.807, 2.05) is 30.3 Å². The summed E-state index contributed by atoms with van der Waals surface area (Å²) < 4.78 is 31.7. The number of nitrogens with one attached hydrogen (secondary N) is 1. The van der Waals surface area contributed by atoms with Crippen LogP contribution in [0.4, 0.5) is 5.69 Å². The van der Waals surface area contributed by atoms with E-state index in [1.54, 1.807) is 12.1 Å². The Morgan fingerprint density at radius 2 is 1.69 bits per heavy atom. The Kier molecular flexibility index (Phi) is 6.31. The molecule has 1 N–H and O–H groups in total. The molecule has 0 spiro atoms. The van der Waals surface area contributed by atoms with Crippen LogP contribution in [0, 0.1) is 0 Å². The van der Waals surface area contributed by atoms with E-state index < -0.39 is 10.0 Å². The van der Waals surface area contributed by atoms with Gasteiger partial charge in [0.05, 0.1) is 23.9 Å². The van der Waals surface area contributed by atoms with Gasteiger partial charge in [-0.25, -0.2) is 8.42 Å². The van der Waals surface area contributed by atoms with Crippen molar-refractivity contribution in [3.05, 3.63) is 54.6 Å². The van der Waals surface area contributed by atoms with Crippen LogP contribution in [0.2, 0.25) is 0 Å². The molecular weight excluding hydrogens is 372 g/mol. The third-order valence-electron chi connectivity index (χ3n) is 3.86. The number of carbonyl (C=O) groups excluding carboxylic acids is 1. The lowest BCUT2D eigenvalue weighted by Gasteiger charge is -2.26. The van der Waals surface area contributed by atoms with Crippen molar-refractivity contribution < 1.29 is 17.9 Å². The smallest absolute Gasteiger partial charge is 0.243 e. The monoisotopic (exact) mass is 392 g/mol. The Hall–Kier alpha value is -1.87. The molecule has 1 fully saturated rings. The zero-order valence-electron chi connectivity index (χ0n) is 14.1. The zero-order valence-corrected chi connectivity index (χ0v) is 15.8. The molecule has 138 valence electrons. The first kappa shape index (κ1) is 18.9. The topological polar surface area (TPSA) is 75.7 Å². The summed E-state index contributed by atoms with van der Waals surface area (Å²) in [6.07, 6.45) is 0. The Labute approximate surface area is 157 Å². The van der Waals surface area contributed by atoms with Crippen LogP contribution in [0.1, 0.15) is 0 Å². The van der Waals surface area contributed by atoms with Gasteiger partial charge < -0.3 is 10.1 Å². The maximum Gasteiger partial charge on any atom is 0.243 e. The van der Waals surface area contributed by atoms with Crippen LogP contribution >= 0.6 is 11.8 Å². The van der Waals surface area contributed by atoms with Gasteiger partial charge in [-0.1, -0.05) is 18.2 Å². The van der Waals surface area contributed by atoms with Crippen molar-refractivity contribution in [1.29, 1.82) is 0 Å². The second-order valence-electron chi connectivity index (χ2n) is 5.69. The minimum Gasteiger partial charge on any atom is -0.379 e. The third-order valence-corrected chi connectivity index (χ3v) is 6.78. The number of benzene rings is 2. The van der Waals surface area contributed by atoms with Crippen LogP contribution in [0.5, 0.6) is 0 Å². The summed E-state index contributed by atoms with van der Waals surface area (Å²) in [4.78, 5) is 13.3. The Morgan fingerprint density at radius 3 is 2.35 bits per heavy atom. The molecular formula is C18H20N2O4S2. The second kappa shape index (κ2) is 8.68. The highest BCUT2D eigenvalue weighted by atomic mass is 32.2. The average Bonchev–Trinajstić information content (AvgIpc) is 2.68. The SMILES string of the molecule is O=C(CSc1ccccc1)Nc1ccc(S(=O)(=O)N2CCOCC2)cc1. The molecule has 0 radical (unpaired) electrons. The van der Waals surface area contributed by atoms with Gasteiger partial charge >= 0.3 is 0 Å². The summed E-state index contributed by atoms with van der Waals surface area (Å²) in [6, 6.07) is 15.9. The van der Waals surface area contributed by atoms with E-state index in [0.717, 1.165) is 4.90 Å². The number of rotatable bonds is 6. The fourth-order valence-electron chi connectivity index (χ4n) is 2.51. The molecule has 8 heteroatoms. The molecule has 6 nitrogen and oxygen atoms in total. The number of anilines is 1. The van der Waals surface area contributed by atoms with Crippen molar-refractivity contribution in [3.8, 4) is 0 Å². The molecule has 1 amide bonds. The van der Waals surface area contributed by atoms with Crippen LogP contribution in [-0.2, 0) is 19.6 Å². The highest BCUT2D eigenvalue weighted by molar-refractivity contribution is 8.00. The third kappa shape index (κ3) is 4.85. The molecule has 1 saturated heterocycles. The van der Waals surface area contributed by atoms with E-state index in [-0.39, 0.29) is 16.6 Å². The van der Waals surface area contributed by atoms with Crippen LogP contribution in [-0.4, -0.2) is 50.7 Å². The lowest BCUT2D eigenvalue weighted by molar-refractivity contribution is -0.113. The van der Waals surface area contributed by atoms with Gasteiger partial charge in [-0.15, -0.1) is 11.8 Å². The summed E-state index contributed by atoms with van der Waals surface area (Å²) in [5.74, 6) is 0.153. The Balaban J connectivity index is 1.58. The average molecular weight is 393 g/mol. The van der Waals surface area contributed by atoms with Crippen LogP contribution in [0.15, 0.2) is 64.4 Å². The lowest BCUT2D eigenvalue weighted by atomic mass is 10.3. The molecule has 0 unspecified atom stereocenters. The fraction of sp³-hybridized carbons (Fsp3) is 0.278. The number of hydrogen-bond donors (Lipinski definition) is 1. The van der Waals surface area contributed by atoms with Crippen LogP contribution in [0.3, 0.4) is 0 Å². The predicted molar refractivity (Wildman–Crippen MR) is 102 cm³/mol. The summed E-state index contributed by atoms with van der Waals surface area (Å²) >= 11 is 1.45. The summed E-state index contributed by atoms with van der Waals surface area (Å²) in [5, 5.41) is 2.78. The predicted octanol–water partition coefficient (Wildman–Crippen LogP) is 2.44. The molecule has 1 aliphatic heterocycles. The molecule has 3 rings (SSSR count). The summed E-state index contributed by atoms with van der Waals surface area (Å²) in [6.45, 7) is 1.54. The van der Waals surface area contributed by atoms with E-state index in [1.165, 1.54) is 28.2 Å². The second-order valence-corrected chi connectivity index (χ2v) is 8.68. The molecule has 0 aromatic heterocycles. The largest absolute Gasteiger partial charge is 0.379 e. The number of amides is 1. The van der Waals surface area contributed by atoms with Crippen molar-refractivity contribution in [2.24, 2.45) is 0 Å². The van der Waals surface area contributed by atoms with E-state index >= 15 is 0 Å². The molecule has 2 aromatic carbocycles. The summed E-state index contributed by atoms with van der Waals surface area (Å²) in [5.41, 5.74) is 0.574. The van der Waals surface area contributed by atoms with Gasteiger partial charge in [-0.3, -0.25) is 4.79 Å². The number of nitrogens with zero attached hydrogens (tertiary/aromatic N) is 1. The lowest BCUT2D eigenvalue weighted by Crippen LogP contribution is -2.40. The molecule has 0 bridgehead atoms. The number of hydrogen-bond acceptors (Lipinski definition) is 5. The first-order chi connectivity index (χ1) is 12.6. The quantitative estimate of drug-likeness (QED) is 0.764. The van der Waals surface area contributed by atoms with Gasteiger partial charge in [0.15, 0.2) is 0 Å². The van der Waals surface area contributed by atoms with Gasteiger partial charge in [0, 0.05) is 23.7 Å². The number of carbonyl (C=O) groups is 1. The zero-order chi connectivity index (χ0) is 18.4. The first-order valence-electron chi connectivity index (χ1n) is 8.21. The van der Waals surface area contributed by atoms with Gasteiger partial charge in [0.2, 0.25) is 15.9 Å². The van der Waals surface area contributed by atoms with Crippen LogP contribution < -0.4 is 5.32 Å². The summed E-state index contributed by atoms with van der Waals surface area (Å²) in [7, 11) is -3.52. The molecule has 0 saturated carbocycles. The van der Waals surface area contributed by atoms with Crippen molar-refractivity contribution in [2.45, 2.75) is 9.79 Å². The van der Waals surface area contributed by atoms with Gasteiger partial charge in [0.1, 0.15) is 0 Å². The fourth-order valence-corrected chi connectivity index (χ4v) is 4.64. The maximum atomic E-state index is 12.6. The maximum absolute atomic E-state index is 12.6. The van der Waals surface area contributed by atoms with Crippen molar-refractivity contribution in [3.63, 3.8) is 0 Å². The molecule has 1 heterocycles.